The smallest absolute Gasteiger partial charge is 0.231 e. The second-order valence-electron chi connectivity index (χ2n) is 4.43. The van der Waals surface area contributed by atoms with E-state index >= 15 is 0 Å². The van der Waals surface area contributed by atoms with Crippen LogP contribution in [0.1, 0.15) is 15.9 Å². The van der Waals surface area contributed by atoms with E-state index in [1.54, 1.807) is 24.3 Å². The molecule has 0 aliphatic carbocycles. The summed E-state index contributed by atoms with van der Waals surface area (Å²) in [6.07, 6.45) is 3.30. The van der Waals surface area contributed by atoms with Crippen LogP contribution in [0.15, 0.2) is 51.4 Å². The van der Waals surface area contributed by atoms with Crippen LogP contribution in [0.25, 0.3) is 6.08 Å². The number of ether oxygens (including phenoxy) is 2. The minimum Gasteiger partial charge on any atom is -0.454 e. The zero-order valence-corrected chi connectivity index (χ0v) is 14.0. The first-order valence-electron chi connectivity index (χ1n) is 6.20. The first kappa shape index (κ1) is 14.4. The summed E-state index contributed by atoms with van der Waals surface area (Å²) in [7, 11) is 0. The van der Waals surface area contributed by atoms with Crippen LogP contribution in [0.3, 0.4) is 0 Å². The van der Waals surface area contributed by atoms with Crippen molar-refractivity contribution in [1.29, 1.82) is 0 Å². The number of carbonyl (C=O) groups excluding carboxylic acids is 1. The van der Waals surface area contributed by atoms with Crippen molar-refractivity contribution in [3.05, 3.63) is 62.5 Å². The molecule has 2 aromatic carbocycles. The molecule has 21 heavy (non-hydrogen) atoms. The molecule has 1 aliphatic heterocycles. The molecule has 3 nitrogen and oxygen atoms in total. The van der Waals surface area contributed by atoms with Gasteiger partial charge in [0.25, 0.3) is 0 Å². The lowest BCUT2D eigenvalue weighted by atomic mass is 10.1. The van der Waals surface area contributed by atoms with Crippen LogP contribution >= 0.6 is 31.9 Å². The zero-order valence-electron chi connectivity index (χ0n) is 10.8. The molecular formula is C16H10Br2O3. The van der Waals surface area contributed by atoms with Crippen molar-refractivity contribution in [2.75, 3.05) is 6.79 Å². The number of hydrogen-bond acceptors (Lipinski definition) is 3. The van der Waals surface area contributed by atoms with Crippen LogP contribution in [0, 0.1) is 0 Å². The van der Waals surface area contributed by atoms with E-state index in [0.717, 1.165) is 14.5 Å². The standard InChI is InChI=1S/C16H10Br2O3/c17-12-3-1-2-11(6-12)14(19)5-4-10-7-15-16(8-13(10)18)21-9-20-15/h1-8H,9H2/b5-4+. The lowest BCUT2D eigenvalue weighted by Crippen LogP contribution is -1.93. The fraction of sp³-hybridized carbons (Fsp3) is 0.0625. The SMILES string of the molecule is O=C(/C=C/c1cc2c(cc1Br)OCO2)c1cccc(Br)c1. The highest BCUT2D eigenvalue weighted by molar-refractivity contribution is 9.10. The molecule has 5 heteroatoms. The Bertz CT molecular complexity index is 738. The lowest BCUT2D eigenvalue weighted by Gasteiger charge is -2.02. The maximum Gasteiger partial charge on any atom is 0.231 e. The number of rotatable bonds is 3. The molecule has 0 fully saturated rings. The van der Waals surface area contributed by atoms with E-state index < -0.39 is 0 Å². The van der Waals surface area contributed by atoms with Crippen molar-refractivity contribution in [2.24, 2.45) is 0 Å². The minimum atomic E-state index is -0.0548. The van der Waals surface area contributed by atoms with Crippen molar-refractivity contribution in [1.82, 2.24) is 0 Å². The van der Waals surface area contributed by atoms with E-state index in [0.29, 0.717) is 17.1 Å². The van der Waals surface area contributed by atoms with Crippen LogP contribution in [0.2, 0.25) is 0 Å². The summed E-state index contributed by atoms with van der Waals surface area (Å²) in [5.41, 5.74) is 1.50. The first-order chi connectivity index (χ1) is 10.1. The Morgan fingerprint density at radius 1 is 1.10 bits per heavy atom. The largest absolute Gasteiger partial charge is 0.454 e. The maximum absolute atomic E-state index is 12.1. The third-order valence-electron chi connectivity index (χ3n) is 3.02. The molecule has 0 amide bonds. The summed E-state index contributed by atoms with van der Waals surface area (Å²) < 4.78 is 12.4. The predicted molar refractivity (Wildman–Crippen MR) is 87.8 cm³/mol. The highest BCUT2D eigenvalue weighted by Gasteiger charge is 2.15. The molecule has 0 spiro atoms. The normalized spacial score (nSPS) is 12.9. The lowest BCUT2D eigenvalue weighted by molar-refractivity contribution is 0.104. The van der Waals surface area contributed by atoms with Crippen molar-refractivity contribution in [2.45, 2.75) is 0 Å². The zero-order chi connectivity index (χ0) is 14.8. The quantitative estimate of drug-likeness (QED) is 0.537. The van der Waals surface area contributed by atoms with E-state index in [9.17, 15) is 4.79 Å². The van der Waals surface area contributed by atoms with Gasteiger partial charge >= 0.3 is 0 Å². The number of benzene rings is 2. The molecule has 3 rings (SSSR count). The number of ketones is 1. The molecule has 0 radical (unpaired) electrons. The van der Waals surface area contributed by atoms with Gasteiger partial charge in [-0.2, -0.15) is 0 Å². The molecule has 0 unspecified atom stereocenters. The van der Waals surface area contributed by atoms with Crippen molar-refractivity contribution in [3.63, 3.8) is 0 Å². The van der Waals surface area contributed by atoms with Gasteiger partial charge in [-0.25, -0.2) is 0 Å². The molecule has 1 aliphatic rings. The Labute approximate surface area is 138 Å². The fourth-order valence-corrected chi connectivity index (χ4v) is 2.82. The van der Waals surface area contributed by atoms with Crippen molar-refractivity contribution in [3.8, 4) is 11.5 Å². The second-order valence-corrected chi connectivity index (χ2v) is 6.20. The van der Waals surface area contributed by atoms with Crippen LogP contribution in [-0.2, 0) is 0 Å². The van der Waals surface area contributed by atoms with Gasteiger partial charge in [-0.15, -0.1) is 0 Å². The Hall–Kier alpha value is -1.59. The maximum atomic E-state index is 12.1. The first-order valence-corrected chi connectivity index (χ1v) is 7.79. The Morgan fingerprint density at radius 3 is 2.62 bits per heavy atom. The number of carbonyl (C=O) groups is 1. The van der Waals surface area contributed by atoms with Crippen molar-refractivity contribution < 1.29 is 14.3 Å². The van der Waals surface area contributed by atoms with Gasteiger partial charge in [-0.1, -0.05) is 44.0 Å². The monoisotopic (exact) mass is 408 g/mol. The van der Waals surface area contributed by atoms with Gasteiger partial charge in [-0.3, -0.25) is 4.79 Å². The van der Waals surface area contributed by atoms with Gasteiger partial charge in [0.2, 0.25) is 6.79 Å². The molecule has 106 valence electrons. The van der Waals surface area contributed by atoms with Gasteiger partial charge in [0, 0.05) is 14.5 Å². The topological polar surface area (TPSA) is 35.5 Å². The van der Waals surface area contributed by atoms with Gasteiger partial charge in [0.15, 0.2) is 17.3 Å². The Morgan fingerprint density at radius 2 is 1.86 bits per heavy atom. The molecule has 1 heterocycles. The highest BCUT2D eigenvalue weighted by Crippen LogP contribution is 2.37. The second kappa shape index (κ2) is 6.03. The average molecular weight is 410 g/mol. The molecule has 0 bridgehead atoms. The molecule has 0 aromatic heterocycles. The molecule has 0 saturated carbocycles. The molecule has 0 N–H and O–H groups in total. The highest BCUT2D eigenvalue weighted by atomic mass is 79.9. The number of hydrogen-bond donors (Lipinski definition) is 0. The van der Waals surface area contributed by atoms with E-state index in [-0.39, 0.29) is 12.6 Å². The van der Waals surface area contributed by atoms with Crippen LogP contribution in [-0.4, -0.2) is 12.6 Å². The number of halogens is 2. The summed E-state index contributed by atoms with van der Waals surface area (Å²) in [5.74, 6) is 1.34. The third kappa shape index (κ3) is 3.19. The summed E-state index contributed by atoms with van der Waals surface area (Å²) in [5, 5.41) is 0. The predicted octanol–water partition coefficient (Wildman–Crippen LogP) is 4.84. The average Bonchev–Trinajstić information content (AvgIpc) is 2.91. The van der Waals surface area contributed by atoms with E-state index in [1.165, 1.54) is 0 Å². The van der Waals surface area contributed by atoms with Gasteiger partial charge in [0.05, 0.1) is 0 Å². The van der Waals surface area contributed by atoms with Crippen molar-refractivity contribution >= 4 is 43.7 Å². The van der Waals surface area contributed by atoms with Gasteiger partial charge in [0.1, 0.15) is 0 Å². The third-order valence-corrected chi connectivity index (χ3v) is 4.20. The van der Waals surface area contributed by atoms with Crippen LogP contribution < -0.4 is 9.47 Å². The van der Waals surface area contributed by atoms with Gasteiger partial charge in [-0.05, 0) is 42.0 Å². The minimum absolute atomic E-state index is 0.0548. The van der Waals surface area contributed by atoms with Crippen LogP contribution in [0.5, 0.6) is 11.5 Å². The Balaban J connectivity index is 1.85. The summed E-state index contributed by atoms with van der Waals surface area (Å²) in [4.78, 5) is 12.1. The molecule has 0 atom stereocenters. The van der Waals surface area contributed by atoms with E-state index in [4.69, 9.17) is 9.47 Å². The molecule has 2 aromatic rings. The van der Waals surface area contributed by atoms with E-state index in [1.807, 2.05) is 24.3 Å². The molecule has 0 saturated heterocycles. The summed E-state index contributed by atoms with van der Waals surface area (Å²) in [6.45, 7) is 0.228. The molecular weight excluding hydrogens is 400 g/mol. The number of fused-ring (bicyclic) bond motifs is 1. The fourth-order valence-electron chi connectivity index (χ4n) is 1.96. The summed E-state index contributed by atoms with van der Waals surface area (Å²) in [6, 6.07) is 11.0. The summed E-state index contributed by atoms with van der Waals surface area (Å²) >= 11 is 6.82. The van der Waals surface area contributed by atoms with Gasteiger partial charge < -0.3 is 9.47 Å². The Kier molecular flexibility index (Phi) is 4.12. The van der Waals surface area contributed by atoms with Crippen LogP contribution in [0.4, 0.5) is 0 Å². The van der Waals surface area contributed by atoms with E-state index in [2.05, 4.69) is 31.9 Å². The number of allylic oxidation sites excluding steroid dienone is 1.